The molecule has 0 unspecified atom stereocenters. The van der Waals surface area contributed by atoms with Crippen molar-refractivity contribution in [2.45, 2.75) is 0 Å². The van der Waals surface area contributed by atoms with Gasteiger partial charge in [0.1, 0.15) is 17.4 Å². The fourth-order valence-electron chi connectivity index (χ4n) is 1.40. The minimum Gasteiger partial charge on any atom is -0.508 e. The van der Waals surface area contributed by atoms with Crippen molar-refractivity contribution in [1.82, 2.24) is 4.98 Å². The second kappa shape index (κ2) is 5.88. The van der Waals surface area contributed by atoms with E-state index in [0.29, 0.717) is 11.4 Å². The van der Waals surface area contributed by atoms with Crippen LogP contribution in [0.3, 0.4) is 0 Å². The number of hydrogen-bond donors (Lipinski definition) is 4. The van der Waals surface area contributed by atoms with Gasteiger partial charge in [-0.2, -0.15) is 0 Å². The van der Waals surface area contributed by atoms with Crippen LogP contribution in [0, 0.1) is 5.41 Å². The van der Waals surface area contributed by atoms with Crippen LogP contribution in [0.15, 0.2) is 42.6 Å². The molecule has 0 bridgehead atoms. The highest BCUT2D eigenvalue weighted by atomic mass is 35.5. The molecular formula is C12H13ClN4O. The lowest BCUT2D eigenvalue weighted by molar-refractivity contribution is 0.475. The van der Waals surface area contributed by atoms with E-state index >= 15 is 0 Å². The minimum absolute atomic E-state index is 0. The monoisotopic (exact) mass is 264 g/mol. The Kier molecular flexibility index (Phi) is 4.51. The third-order valence-corrected chi connectivity index (χ3v) is 2.23. The summed E-state index contributed by atoms with van der Waals surface area (Å²) in [6, 6.07) is 10.0. The SMILES string of the molecule is Cl.N=C(N)c1cccnc1Nc1ccc(O)cc1. The molecule has 0 saturated heterocycles. The van der Waals surface area contributed by atoms with Crippen LogP contribution in [0.5, 0.6) is 5.75 Å². The van der Waals surface area contributed by atoms with Gasteiger partial charge in [-0.15, -0.1) is 12.4 Å². The molecule has 2 aromatic rings. The summed E-state index contributed by atoms with van der Waals surface area (Å²) < 4.78 is 0. The average Bonchev–Trinajstić information content (AvgIpc) is 2.32. The van der Waals surface area contributed by atoms with Gasteiger partial charge >= 0.3 is 0 Å². The molecule has 1 aromatic heterocycles. The normalized spacial score (nSPS) is 9.33. The summed E-state index contributed by atoms with van der Waals surface area (Å²) in [6.07, 6.45) is 1.62. The number of nitrogens with two attached hydrogens (primary N) is 1. The van der Waals surface area contributed by atoms with Crippen molar-refractivity contribution in [2.24, 2.45) is 5.73 Å². The highest BCUT2D eigenvalue weighted by molar-refractivity contribution is 5.99. The number of aromatic hydroxyl groups is 1. The zero-order chi connectivity index (χ0) is 12.3. The third kappa shape index (κ3) is 3.11. The van der Waals surface area contributed by atoms with Crippen molar-refractivity contribution in [3.8, 4) is 5.75 Å². The molecule has 0 spiro atoms. The van der Waals surface area contributed by atoms with Gasteiger partial charge in [0.25, 0.3) is 0 Å². The first kappa shape index (κ1) is 13.8. The summed E-state index contributed by atoms with van der Waals surface area (Å²) in [7, 11) is 0. The zero-order valence-corrected chi connectivity index (χ0v) is 10.2. The van der Waals surface area contributed by atoms with Crippen molar-refractivity contribution in [3.05, 3.63) is 48.2 Å². The summed E-state index contributed by atoms with van der Waals surface area (Å²) in [5.74, 6) is 0.674. The summed E-state index contributed by atoms with van der Waals surface area (Å²) in [5.41, 5.74) is 6.77. The van der Waals surface area contributed by atoms with Crippen molar-refractivity contribution in [2.75, 3.05) is 5.32 Å². The van der Waals surface area contributed by atoms with E-state index in [1.54, 1.807) is 42.6 Å². The van der Waals surface area contributed by atoms with Crippen LogP contribution >= 0.6 is 12.4 Å². The predicted molar refractivity (Wildman–Crippen MR) is 73.9 cm³/mol. The van der Waals surface area contributed by atoms with Gasteiger partial charge < -0.3 is 16.2 Å². The van der Waals surface area contributed by atoms with E-state index in [2.05, 4.69) is 10.3 Å². The Balaban J connectivity index is 0.00000162. The summed E-state index contributed by atoms with van der Waals surface area (Å²) in [6.45, 7) is 0. The number of nitrogen functional groups attached to an aromatic ring is 1. The number of nitrogens with zero attached hydrogens (tertiary/aromatic N) is 1. The maximum absolute atomic E-state index is 9.17. The number of phenolic OH excluding ortho intramolecular Hbond substituents is 1. The molecule has 0 saturated carbocycles. The maximum atomic E-state index is 9.17. The molecule has 0 amide bonds. The van der Waals surface area contributed by atoms with Crippen molar-refractivity contribution in [3.63, 3.8) is 0 Å². The first-order chi connectivity index (χ1) is 8.16. The molecule has 0 atom stereocenters. The van der Waals surface area contributed by atoms with Gasteiger partial charge in [0, 0.05) is 11.9 Å². The van der Waals surface area contributed by atoms with Crippen LogP contribution in [0.4, 0.5) is 11.5 Å². The minimum atomic E-state index is -0.0422. The van der Waals surface area contributed by atoms with E-state index < -0.39 is 0 Å². The maximum Gasteiger partial charge on any atom is 0.141 e. The van der Waals surface area contributed by atoms with Crippen molar-refractivity contribution < 1.29 is 5.11 Å². The lowest BCUT2D eigenvalue weighted by Gasteiger charge is -2.09. The smallest absolute Gasteiger partial charge is 0.141 e. The number of halogens is 1. The first-order valence-corrected chi connectivity index (χ1v) is 5.02. The highest BCUT2D eigenvalue weighted by Gasteiger charge is 2.05. The molecule has 94 valence electrons. The molecule has 0 fully saturated rings. The number of pyridine rings is 1. The Morgan fingerprint density at radius 2 is 1.89 bits per heavy atom. The van der Waals surface area contributed by atoms with Gasteiger partial charge in [0.2, 0.25) is 0 Å². The molecule has 6 heteroatoms. The summed E-state index contributed by atoms with van der Waals surface area (Å²) in [4.78, 5) is 4.12. The van der Waals surface area contributed by atoms with E-state index in [-0.39, 0.29) is 24.0 Å². The predicted octanol–water partition coefficient (Wildman–Crippen LogP) is 2.24. The van der Waals surface area contributed by atoms with Gasteiger partial charge in [0.05, 0.1) is 5.56 Å². The fourth-order valence-corrected chi connectivity index (χ4v) is 1.40. The van der Waals surface area contributed by atoms with E-state index in [1.807, 2.05) is 0 Å². The standard InChI is InChI=1S/C12H12N4O.ClH/c13-11(14)10-2-1-7-15-12(10)16-8-3-5-9(17)6-4-8;/h1-7,17H,(H3,13,14)(H,15,16);1H. The summed E-state index contributed by atoms with van der Waals surface area (Å²) in [5, 5.41) is 19.6. The fraction of sp³-hybridized carbons (Fsp3) is 0. The van der Waals surface area contributed by atoms with E-state index in [4.69, 9.17) is 16.2 Å². The second-order valence-corrected chi connectivity index (χ2v) is 3.49. The average molecular weight is 265 g/mol. The number of aromatic nitrogens is 1. The van der Waals surface area contributed by atoms with Crippen molar-refractivity contribution >= 4 is 29.7 Å². The Morgan fingerprint density at radius 1 is 1.22 bits per heavy atom. The number of anilines is 2. The van der Waals surface area contributed by atoms with Gasteiger partial charge in [-0.25, -0.2) is 4.98 Å². The zero-order valence-electron chi connectivity index (χ0n) is 9.42. The lowest BCUT2D eigenvalue weighted by atomic mass is 10.2. The van der Waals surface area contributed by atoms with E-state index in [1.165, 1.54) is 0 Å². The Labute approximate surface area is 111 Å². The van der Waals surface area contributed by atoms with Crippen LogP contribution in [0.2, 0.25) is 0 Å². The first-order valence-electron chi connectivity index (χ1n) is 5.02. The Bertz CT molecular complexity index is 542. The lowest BCUT2D eigenvalue weighted by Crippen LogP contribution is -2.14. The quantitative estimate of drug-likeness (QED) is 0.388. The molecule has 0 radical (unpaired) electrons. The molecule has 0 aliphatic carbocycles. The van der Waals surface area contributed by atoms with Gasteiger partial charge in [-0.3, -0.25) is 5.41 Å². The number of nitrogens with one attached hydrogen (secondary N) is 2. The molecule has 18 heavy (non-hydrogen) atoms. The summed E-state index contributed by atoms with van der Waals surface area (Å²) >= 11 is 0. The molecule has 5 nitrogen and oxygen atoms in total. The van der Waals surface area contributed by atoms with Gasteiger partial charge in [0.15, 0.2) is 0 Å². The number of hydrogen-bond acceptors (Lipinski definition) is 4. The van der Waals surface area contributed by atoms with Crippen LogP contribution in [-0.2, 0) is 0 Å². The van der Waals surface area contributed by atoms with Crippen LogP contribution in [0.25, 0.3) is 0 Å². The molecule has 1 aromatic carbocycles. The van der Waals surface area contributed by atoms with E-state index in [0.717, 1.165) is 5.69 Å². The second-order valence-electron chi connectivity index (χ2n) is 3.49. The van der Waals surface area contributed by atoms with Gasteiger partial charge in [-0.1, -0.05) is 0 Å². The molecular weight excluding hydrogens is 252 g/mol. The molecule has 2 rings (SSSR count). The molecule has 5 N–H and O–H groups in total. The Hall–Kier alpha value is -2.27. The van der Waals surface area contributed by atoms with Gasteiger partial charge in [-0.05, 0) is 36.4 Å². The van der Waals surface area contributed by atoms with Crippen molar-refractivity contribution in [1.29, 1.82) is 5.41 Å². The highest BCUT2D eigenvalue weighted by Crippen LogP contribution is 2.20. The van der Waals surface area contributed by atoms with E-state index in [9.17, 15) is 0 Å². The Morgan fingerprint density at radius 3 is 2.50 bits per heavy atom. The van der Waals surface area contributed by atoms with Crippen LogP contribution in [0.1, 0.15) is 5.56 Å². The largest absolute Gasteiger partial charge is 0.508 e. The number of rotatable bonds is 3. The topological polar surface area (TPSA) is 95.0 Å². The number of amidine groups is 1. The third-order valence-electron chi connectivity index (χ3n) is 2.23. The van der Waals surface area contributed by atoms with Crippen LogP contribution < -0.4 is 11.1 Å². The number of phenols is 1. The molecule has 1 heterocycles. The number of benzene rings is 1. The van der Waals surface area contributed by atoms with Crippen LogP contribution in [-0.4, -0.2) is 15.9 Å². The molecule has 0 aliphatic heterocycles. The molecule has 0 aliphatic rings.